The van der Waals surface area contributed by atoms with Crippen molar-refractivity contribution in [3.8, 4) is 0 Å². The summed E-state index contributed by atoms with van der Waals surface area (Å²) in [6, 6.07) is 0. The van der Waals surface area contributed by atoms with E-state index < -0.39 is 0 Å². The molecule has 0 saturated carbocycles. The first-order valence-corrected chi connectivity index (χ1v) is 9.64. The lowest BCUT2D eigenvalue weighted by atomic mass is 9.65. The lowest BCUT2D eigenvalue weighted by Crippen LogP contribution is -2.73. The van der Waals surface area contributed by atoms with Crippen molar-refractivity contribution in [2.45, 2.75) is 64.5 Å². The highest BCUT2D eigenvalue weighted by molar-refractivity contribution is 5.82. The van der Waals surface area contributed by atoms with Gasteiger partial charge >= 0.3 is 0 Å². The van der Waals surface area contributed by atoms with Gasteiger partial charge in [-0.2, -0.15) is 0 Å². The van der Waals surface area contributed by atoms with Gasteiger partial charge in [0.05, 0.1) is 0 Å². The van der Waals surface area contributed by atoms with Gasteiger partial charge in [-0.3, -0.25) is 9.89 Å². The maximum absolute atomic E-state index is 5.66. The zero-order valence-corrected chi connectivity index (χ0v) is 16.3. The number of hydrogen-bond donors (Lipinski definition) is 1. The van der Waals surface area contributed by atoms with E-state index >= 15 is 0 Å². The Bertz CT molecular complexity index is 474. The third-order valence-electron chi connectivity index (χ3n) is 7.13. The Morgan fingerprint density at radius 2 is 1.71 bits per heavy atom. The highest BCUT2D eigenvalue weighted by Crippen LogP contribution is 2.46. The topological polar surface area (TPSA) is 40.1 Å². The molecular formula is C19H36N4O. The summed E-state index contributed by atoms with van der Waals surface area (Å²) in [4.78, 5) is 9.74. The van der Waals surface area contributed by atoms with E-state index in [2.05, 4.69) is 47.8 Å². The SMILES string of the molecule is CN=C(NCC1(N2CCCC2)CCOCC1)N1CC(C)(C)C1(C)C. The molecule has 138 valence electrons. The van der Waals surface area contributed by atoms with Gasteiger partial charge in [-0.25, -0.2) is 0 Å². The van der Waals surface area contributed by atoms with Crippen molar-refractivity contribution in [2.75, 3.05) is 46.4 Å². The molecule has 5 nitrogen and oxygen atoms in total. The minimum absolute atomic E-state index is 0.144. The Morgan fingerprint density at radius 3 is 2.21 bits per heavy atom. The van der Waals surface area contributed by atoms with Crippen LogP contribution in [0.5, 0.6) is 0 Å². The van der Waals surface area contributed by atoms with Crippen molar-refractivity contribution in [1.82, 2.24) is 15.1 Å². The van der Waals surface area contributed by atoms with E-state index in [1.165, 1.54) is 25.9 Å². The Morgan fingerprint density at radius 1 is 1.08 bits per heavy atom. The molecule has 0 atom stereocenters. The maximum Gasteiger partial charge on any atom is 0.194 e. The summed E-state index contributed by atoms with van der Waals surface area (Å²) in [6.07, 6.45) is 4.94. The fourth-order valence-corrected chi connectivity index (χ4v) is 4.49. The molecule has 0 unspecified atom stereocenters. The molecule has 5 heteroatoms. The third kappa shape index (κ3) is 2.94. The first-order valence-electron chi connectivity index (χ1n) is 9.64. The molecule has 0 aromatic carbocycles. The zero-order chi connectivity index (χ0) is 17.4. The van der Waals surface area contributed by atoms with E-state index in [0.29, 0.717) is 5.41 Å². The lowest BCUT2D eigenvalue weighted by molar-refractivity contribution is -0.0681. The molecule has 0 spiro atoms. The number of hydrogen-bond acceptors (Lipinski definition) is 3. The molecule has 3 aliphatic rings. The van der Waals surface area contributed by atoms with Gasteiger partial charge in [0.25, 0.3) is 0 Å². The Hall–Kier alpha value is -0.810. The van der Waals surface area contributed by atoms with E-state index in [9.17, 15) is 0 Å². The van der Waals surface area contributed by atoms with Gasteiger partial charge in [0.2, 0.25) is 0 Å². The normalized spacial score (nSPS) is 29.4. The van der Waals surface area contributed by atoms with E-state index in [0.717, 1.165) is 45.1 Å². The zero-order valence-electron chi connectivity index (χ0n) is 16.3. The van der Waals surface area contributed by atoms with Crippen LogP contribution in [0.15, 0.2) is 4.99 Å². The fourth-order valence-electron chi connectivity index (χ4n) is 4.49. The highest BCUT2D eigenvalue weighted by Gasteiger charge is 2.54. The molecule has 0 bridgehead atoms. The Balaban J connectivity index is 1.67. The van der Waals surface area contributed by atoms with Crippen LogP contribution >= 0.6 is 0 Å². The second-order valence-electron chi connectivity index (χ2n) is 8.96. The summed E-state index contributed by atoms with van der Waals surface area (Å²) < 4.78 is 5.66. The molecule has 0 aromatic heterocycles. The van der Waals surface area contributed by atoms with Crippen LogP contribution in [-0.2, 0) is 4.74 Å². The molecule has 0 amide bonds. The first kappa shape index (κ1) is 18.0. The van der Waals surface area contributed by atoms with Gasteiger partial charge < -0.3 is 15.0 Å². The van der Waals surface area contributed by atoms with Gasteiger partial charge in [0, 0.05) is 49.8 Å². The molecule has 3 rings (SSSR count). The molecule has 0 aliphatic carbocycles. The van der Waals surface area contributed by atoms with Crippen molar-refractivity contribution in [1.29, 1.82) is 0 Å². The first-order chi connectivity index (χ1) is 11.3. The maximum atomic E-state index is 5.66. The largest absolute Gasteiger partial charge is 0.381 e. The molecule has 24 heavy (non-hydrogen) atoms. The van der Waals surface area contributed by atoms with Crippen LogP contribution in [0.2, 0.25) is 0 Å². The van der Waals surface area contributed by atoms with Gasteiger partial charge in [-0.15, -0.1) is 0 Å². The van der Waals surface area contributed by atoms with Crippen molar-refractivity contribution >= 4 is 5.96 Å². The second-order valence-corrected chi connectivity index (χ2v) is 8.96. The van der Waals surface area contributed by atoms with Crippen LogP contribution in [0, 0.1) is 5.41 Å². The average Bonchev–Trinajstić information content (AvgIpc) is 3.10. The van der Waals surface area contributed by atoms with E-state index in [1.807, 2.05) is 7.05 Å². The number of nitrogens with one attached hydrogen (secondary N) is 1. The Kier molecular flexibility index (Phi) is 4.86. The summed E-state index contributed by atoms with van der Waals surface area (Å²) >= 11 is 0. The van der Waals surface area contributed by atoms with Crippen molar-refractivity contribution in [2.24, 2.45) is 10.4 Å². The fraction of sp³-hybridized carbons (Fsp3) is 0.947. The number of guanidine groups is 1. The quantitative estimate of drug-likeness (QED) is 0.634. The molecule has 3 aliphatic heterocycles. The van der Waals surface area contributed by atoms with Crippen LogP contribution in [-0.4, -0.2) is 73.3 Å². The van der Waals surface area contributed by atoms with Crippen molar-refractivity contribution in [3.63, 3.8) is 0 Å². The number of likely N-dealkylation sites (tertiary alicyclic amines) is 2. The van der Waals surface area contributed by atoms with Crippen LogP contribution in [0.25, 0.3) is 0 Å². The summed E-state index contributed by atoms with van der Waals surface area (Å²) in [7, 11) is 1.91. The summed E-state index contributed by atoms with van der Waals surface area (Å²) in [5.74, 6) is 1.06. The minimum Gasteiger partial charge on any atom is -0.381 e. The van der Waals surface area contributed by atoms with E-state index in [1.54, 1.807) is 0 Å². The molecule has 1 N–H and O–H groups in total. The highest BCUT2D eigenvalue weighted by atomic mass is 16.5. The van der Waals surface area contributed by atoms with Gasteiger partial charge in [0.1, 0.15) is 0 Å². The molecule has 0 radical (unpaired) electrons. The summed E-state index contributed by atoms with van der Waals surface area (Å²) in [6.45, 7) is 15.7. The van der Waals surface area contributed by atoms with Crippen LogP contribution in [0.3, 0.4) is 0 Å². The minimum atomic E-state index is 0.144. The van der Waals surface area contributed by atoms with Crippen molar-refractivity contribution < 1.29 is 4.74 Å². The van der Waals surface area contributed by atoms with E-state index in [4.69, 9.17) is 4.74 Å². The Labute approximate surface area is 147 Å². The molecule has 3 heterocycles. The van der Waals surface area contributed by atoms with Gasteiger partial charge in [-0.1, -0.05) is 13.8 Å². The smallest absolute Gasteiger partial charge is 0.194 e. The number of aliphatic imine (C=N–C) groups is 1. The summed E-state index contributed by atoms with van der Waals surface area (Å²) in [5.41, 5.74) is 0.719. The molecule has 3 fully saturated rings. The molecule has 0 aromatic rings. The predicted molar refractivity (Wildman–Crippen MR) is 99.5 cm³/mol. The third-order valence-corrected chi connectivity index (χ3v) is 7.13. The number of nitrogens with zero attached hydrogens (tertiary/aromatic N) is 3. The lowest BCUT2D eigenvalue weighted by Gasteiger charge is -2.62. The second kappa shape index (κ2) is 6.49. The van der Waals surface area contributed by atoms with Gasteiger partial charge in [0.15, 0.2) is 5.96 Å². The molecule has 3 saturated heterocycles. The van der Waals surface area contributed by atoms with Gasteiger partial charge in [-0.05, 0) is 52.6 Å². The number of rotatable bonds is 3. The molecular weight excluding hydrogens is 300 g/mol. The average molecular weight is 337 g/mol. The van der Waals surface area contributed by atoms with E-state index in [-0.39, 0.29) is 11.1 Å². The predicted octanol–water partition coefficient (Wildman–Crippen LogP) is 2.33. The standard InChI is InChI=1S/C19H36N4O/c1-17(2)15-23(18(17,3)4)16(20-5)21-14-19(8-12-24-13-9-19)22-10-6-7-11-22/h6-15H2,1-5H3,(H,20,21). The summed E-state index contributed by atoms with van der Waals surface area (Å²) in [5, 5.41) is 3.73. The van der Waals surface area contributed by atoms with Crippen LogP contribution in [0.4, 0.5) is 0 Å². The monoisotopic (exact) mass is 336 g/mol. The van der Waals surface area contributed by atoms with Crippen LogP contribution in [0.1, 0.15) is 53.4 Å². The van der Waals surface area contributed by atoms with Crippen LogP contribution < -0.4 is 5.32 Å². The number of ether oxygens (including phenoxy) is 1. The van der Waals surface area contributed by atoms with Crippen molar-refractivity contribution in [3.05, 3.63) is 0 Å².